The number of hydrogen-bond donors (Lipinski definition) is 0. The third kappa shape index (κ3) is 2.58. The Morgan fingerprint density at radius 3 is 2.57 bits per heavy atom. The Morgan fingerprint density at radius 2 is 2.07 bits per heavy atom. The molecule has 0 heterocycles. The molecule has 0 aromatic heterocycles. The van der Waals surface area contributed by atoms with Crippen molar-refractivity contribution in [3.05, 3.63) is 28.2 Å². The first-order valence-corrected chi connectivity index (χ1v) is 5.27. The van der Waals surface area contributed by atoms with Crippen LogP contribution in [-0.4, -0.2) is 11.9 Å². The van der Waals surface area contributed by atoms with Crippen molar-refractivity contribution in [2.24, 2.45) is 0 Å². The SMILES string of the molecule is CC(=O)c1cccc(Br)c1OC(C)C. The first-order valence-electron chi connectivity index (χ1n) is 4.48. The molecule has 0 N–H and O–H groups in total. The van der Waals surface area contributed by atoms with Gasteiger partial charge in [0.15, 0.2) is 5.78 Å². The molecule has 76 valence electrons. The van der Waals surface area contributed by atoms with Gasteiger partial charge in [0, 0.05) is 0 Å². The molecule has 1 aromatic rings. The lowest BCUT2D eigenvalue weighted by Gasteiger charge is -2.14. The summed E-state index contributed by atoms with van der Waals surface area (Å²) in [6.45, 7) is 5.40. The molecule has 0 unspecified atom stereocenters. The first kappa shape index (κ1) is 11.2. The van der Waals surface area contributed by atoms with E-state index in [0.717, 1.165) is 4.47 Å². The summed E-state index contributed by atoms with van der Waals surface area (Å²) >= 11 is 3.37. The van der Waals surface area contributed by atoms with Gasteiger partial charge in [-0.3, -0.25) is 4.79 Å². The topological polar surface area (TPSA) is 26.3 Å². The van der Waals surface area contributed by atoms with Crippen molar-refractivity contribution < 1.29 is 9.53 Å². The zero-order chi connectivity index (χ0) is 10.7. The van der Waals surface area contributed by atoms with E-state index in [9.17, 15) is 4.79 Å². The Balaban J connectivity index is 3.15. The summed E-state index contributed by atoms with van der Waals surface area (Å²) in [7, 11) is 0. The lowest BCUT2D eigenvalue weighted by Crippen LogP contribution is -2.09. The average Bonchev–Trinajstić information content (AvgIpc) is 2.07. The number of carbonyl (C=O) groups excluding carboxylic acids is 1. The van der Waals surface area contributed by atoms with Gasteiger partial charge in [0.25, 0.3) is 0 Å². The van der Waals surface area contributed by atoms with Crippen molar-refractivity contribution in [2.45, 2.75) is 26.9 Å². The molecule has 0 bridgehead atoms. The standard InChI is InChI=1S/C11H13BrO2/c1-7(2)14-11-9(8(3)13)5-4-6-10(11)12/h4-7H,1-3H3. The van der Waals surface area contributed by atoms with Crippen molar-refractivity contribution in [3.63, 3.8) is 0 Å². The fourth-order valence-electron chi connectivity index (χ4n) is 1.14. The minimum absolute atomic E-state index is 0.0157. The van der Waals surface area contributed by atoms with Gasteiger partial charge in [0.2, 0.25) is 0 Å². The molecule has 0 amide bonds. The second kappa shape index (κ2) is 4.60. The molecule has 0 saturated carbocycles. The van der Waals surface area contributed by atoms with Gasteiger partial charge in [-0.15, -0.1) is 0 Å². The maximum absolute atomic E-state index is 11.3. The highest BCUT2D eigenvalue weighted by molar-refractivity contribution is 9.10. The molecule has 0 aliphatic carbocycles. The summed E-state index contributed by atoms with van der Waals surface area (Å²) in [6, 6.07) is 5.46. The van der Waals surface area contributed by atoms with E-state index < -0.39 is 0 Å². The monoisotopic (exact) mass is 256 g/mol. The molecule has 3 heteroatoms. The van der Waals surface area contributed by atoms with E-state index in [2.05, 4.69) is 15.9 Å². The molecule has 1 aromatic carbocycles. The fourth-order valence-corrected chi connectivity index (χ4v) is 1.60. The highest BCUT2D eigenvalue weighted by atomic mass is 79.9. The van der Waals surface area contributed by atoms with E-state index in [0.29, 0.717) is 11.3 Å². The first-order chi connectivity index (χ1) is 6.52. The lowest BCUT2D eigenvalue weighted by molar-refractivity contribution is 0.101. The minimum atomic E-state index is 0.0157. The third-order valence-corrected chi connectivity index (χ3v) is 2.32. The molecule has 2 nitrogen and oxygen atoms in total. The van der Waals surface area contributed by atoms with Crippen LogP contribution in [0.5, 0.6) is 5.75 Å². The number of Topliss-reactive ketones (excluding diaryl/α,β-unsaturated/α-hetero) is 1. The van der Waals surface area contributed by atoms with Crippen molar-refractivity contribution in [2.75, 3.05) is 0 Å². The van der Waals surface area contributed by atoms with Crippen LogP contribution >= 0.6 is 15.9 Å². The smallest absolute Gasteiger partial charge is 0.163 e. The van der Waals surface area contributed by atoms with Gasteiger partial charge in [-0.2, -0.15) is 0 Å². The lowest BCUT2D eigenvalue weighted by atomic mass is 10.1. The van der Waals surface area contributed by atoms with E-state index in [1.54, 1.807) is 6.07 Å². The number of ether oxygens (including phenoxy) is 1. The molecule has 0 aliphatic rings. The zero-order valence-corrected chi connectivity index (χ0v) is 10.1. The second-order valence-corrected chi connectivity index (χ2v) is 4.19. The van der Waals surface area contributed by atoms with Crippen molar-refractivity contribution in [1.29, 1.82) is 0 Å². The maximum Gasteiger partial charge on any atom is 0.163 e. The number of hydrogen-bond acceptors (Lipinski definition) is 2. The van der Waals surface area contributed by atoms with Gasteiger partial charge in [-0.25, -0.2) is 0 Å². The van der Waals surface area contributed by atoms with Crippen LogP contribution in [0.4, 0.5) is 0 Å². The number of carbonyl (C=O) groups is 1. The van der Waals surface area contributed by atoms with Crippen molar-refractivity contribution in [1.82, 2.24) is 0 Å². The average molecular weight is 257 g/mol. The van der Waals surface area contributed by atoms with Crippen molar-refractivity contribution >= 4 is 21.7 Å². The molecule has 0 aliphatic heterocycles. The Morgan fingerprint density at radius 1 is 1.43 bits per heavy atom. The third-order valence-electron chi connectivity index (χ3n) is 1.70. The Bertz CT molecular complexity index is 345. The van der Waals surface area contributed by atoms with Crippen LogP contribution < -0.4 is 4.74 Å². The van der Waals surface area contributed by atoms with Crippen LogP contribution in [0, 0.1) is 0 Å². The van der Waals surface area contributed by atoms with E-state index >= 15 is 0 Å². The molecule has 0 atom stereocenters. The molecular formula is C11H13BrO2. The van der Waals surface area contributed by atoms with E-state index in [4.69, 9.17) is 4.74 Å². The van der Waals surface area contributed by atoms with Gasteiger partial charge in [-0.1, -0.05) is 6.07 Å². The van der Waals surface area contributed by atoms with Crippen LogP contribution in [0.1, 0.15) is 31.1 Å². The van der Waals surface area contributed by atoms with Crippen LogP contribution in [0.15, 0.2) is 22.7 Å². The molecular weight excluding hydrogens is 244 g/mol. The normalized spacial score (nSPS) is 10.4. The van der Waals surface area contributed by atoms with Crippen molar-refractivity contribution in [3.8, 4) is 5.75 Å². The number of halogens is 1. The van der Waals surface area contributed by atoms with Crippen LogP contribution in [-0.2, 0) is 0 Å². The van der Waals surface area contributed by atoms with Crippen LogP contribution in [0.2, 0.25) is 0 Å². The quantitative estimate of drug-likeness (QED) is 0.775. The zero-order valence-electron chi connectivity index (χ0n) is 8.50. The highest BCUT2D eigenvalue weighted by Crippen LogP contribution is 2.30. The summed E-state index contributed by atoms with van der Waals surface area (Å²) in [5.41, 5.74) is 0.619. The molecule has 14 heavy (non-hydrogen) atoms. The molecule has 0 fully saturated rings. The fraction of sp³-hybridized carbons (Fsp3) is 0.364. The van der Waals surface area contributed by atoms with Gasteiger partial charge >= 0.3 is 0 Å². The van der Waals surface area contributed by atoms with Gasteiger partial charge < -0.3 is 4.74 Å². The predicted molar refractivity (Wildman–Crippen MR) is 59.9 cm³/mol. The summed E-state index contributed by atoms with van der Waals surface area (Å²) in [6.07, 6.45) is 0.0619. The summed E-state index contributed by atoms with van der Waals surface area (Å²) in [4.78, 5) is 11.3. The maximum atomic E-state index is 11.3. The summed E-state index contributed by atoms with van der Waals surface area (Å²) in [5.74, 6) is 0.650. The van der Waals surface area contributed by atoms with E-state index in [1.165, 1.54) is 6.92 Å². The Labute approximate surface area is 92.4 Å². The number of para-hydroxylation sites is 1. The Kier molecular flexibility index (Phi) is 3.69. The van der Waals surface area contributed by atoms with E-state index in [1.807, 2.05) is 26.0 Å². The molecule has 0 saturated heterocycles. The second-order valence-electron chi connectivity index (χ2n) is 3.34. The number of benzene rings is 1. The van der Waals surface area contributed by atoms with Gasteiger partial charge in [-0.05, 0) is 48.8 Å². The largest absolute Gasteiger partial charge is 0.489 e. The Hall–Kier alpha value is -0.830. The number of ketones is 1. The van der Waals surface area contributed by atoms with E-state index in [-0.39, 0.29) is 11.9 Å². The summed E-state index contributed by atoms with van der Waals surface area (Å²) in [5, 5.41) is 0. The van der Waals surface area contributed by atoms with Crippen LogP contribution in [0.3, 0.4) is 0 Å². The molecule has 0 radical (unpaired) electrons. The molecule has 1 rings (SSSR count). The number of rotatable bonds is 3. The molecule has 0 spiro atoms. The highest BCUT2D eigenvalue weighted by Gasteiger charge is 2.12. The predicted octanol–water partition coefficient (Wildman–Crippen LogP) is 3.44. The minimum Gasteiger partial charge on any atom is -0.489 e. The van der Waals surface area contributed by atoms with Gasteiger partial charge in [0.1, 0.15) is 5.75 Å². The van der Waals surface area contributed by atoms with Gasteiger partial charge in [0.05, 0.1) is 16.1 Å². The summed E-state index contributed by atoms with van der Waals surface area (Å²) < 4.78 is 6.39. The van der Waals surface area contributed by atoms with Crippen LogP contribution in [0.25, 0.3) is 0 Å².